The van der Waals surface area contributed by atoms with E-state index in [4.69, 9.17) is 0 Å². The van der Waals surface area contributed by atoms with Gasteiger partial charge in [-0.3, -0.25) is 9.78 Å². The number of thioether (sulfide) groups is 2. The van der Waals surface area contributed by atoms with Crippen molar-refractivity contribution in [3.05, 3.63) is 102 Å². The number of hydrogen-bond acceptors (Lipinski definition) is 5. The molecule has 0 saturated heterocycles. The van der Waals surface area contributed by atoms with Crippen LogP contribution in [0.25, 0.3) is 0 Å². The molecule has 3 rings (SSSR count). The van der Waals surface area contributed by atoms with E-state index in [1.165, 1.54) is 11.1 Å². The van der Waals surface area contributed by atoms with E-state index < -0.39 is 0 Å². The fourth-order valence-electron chi connectivity index (χ4n) is 2.21. The molecule has 3 aromatic rings. The highest BCUT2D eigenvalue weighted by molar-refractivity contribution is 8.38. The number of benzene rings is 2. The zero-order valence-electron chi connectivity index (χ0n) is 14.6. The topological polar surface area (TPSA) is 54.4 Å². The van der Waals surface area contributed by atoms with Crippen LogP contribution in [-0.2, 0) is 11.5 Å². The maximum atomic E-state index is 12.2. The summed E-state index contributed by atoms with van der Waals surface area (Å²) in [6.45, 7) is 0. The zero-order chi connectivity index (χ0) is 18.7. The lowest BCUT2D eigenvalue weighted by Gasteiger charge is -2.07. The predicted molar refractivity (Wildman–Crippen MR) is 115 cm³/mol. The highest BCUT2D eigenvalue weighted by atomic mass is 32.2. The first-order valence-corrected chi connectivity index (χ1v) is 10.4. The maximum absolute atomic E-state index is 12.2. The highest BCUT2D eigenvalue weighted by Crippen LogP contribution is 2.24. The third-order valence-corrected chi connectivity index (χ3v) is 5.94. The standard InChI is InChI=1S/C21H19N3OS2/c25-20(19-11-13-22-14-12-19)23-24-21(26-15-17-7-3-1-4-8-17)27-16-18-9-5-2-6-10-18/h1-14H,15-16H2,(H,23,25). The first kappa shape index (κ1) is 19.2. The van der Waals surface area contributed by atoms with Crippen molar-refractivity contribution in [3.8, 4) is 0 Å². The van der Waals surface area contributed by atoms with Crippen LogP contribution < -0.4 is 5.43 Å². The number of nitrogens with one attached hydrogen (secondary N) is 1. The van der Waals surface area contributed by atoms with Gasteiger partial charge in [0.25, 0.3) is 5.91 Å². The zero-order valence-corrected chi connectivity index (χ0v) is 16.2. The van der Waals surface area contributed by atoms with E-state index in [1.54, 1.807) is 48.1 Å². The molecule has 0 radical (unpaired) electrons. The Morgan fingerprint density at radius 3 is 1.85 bits per heavy atom. The van der Waals surface area contributed by atoms with Crippen molar-refractivity contribution in [2.24, 2.45) is 5.10 Å². The predicted octanol–water partition coefficient (Wildman–Crippen LogP) is 4.95. The molecule has 136 valence electrons. The largest absolute Gasteiger partial charge is 0.271 e. The monoisotopic (exact) mass is 393 g/mol. The first-order valence-electron chi connectivity index (χ1n) is 8.43. The number of pyridine rings is 1. The molecule has 1 heterocycles. The quantitative estimate of drug-likeness (QED) is 0.366. The molecule has 1 amide bonds. The van der Waals surface area contributed by atoms with Crippen LogP contribution >= 0.6 is 23.5 Å². The molecule has 1 N–H and O–H groups in total. The molecule has 0 saturated carbocycles. The van der Waals surface area contributed by atoms with Gasteiger partial charge < -0.3 is 0 Å². The SMILES string of the molecule is O=C(NN=C(SCc1ccccc1)SCc1ccccc1)c1ccncc1. The van der Waals surface area contributed by atoms with Gasteiger partial charge in [0.1, 0.15) is 0 Å². The highest BCUT2D eigenvalue weighted by Gasteiger charge is 2.07. The number of amides is 1. The van der Waals surface area contributed by atoms with Crippen LogP contribution in [0.3, 0.4) is 0 Å². The molecule has 2 aromatic carbocycles. The summed E-state index contributed by atoms with van der Waals surface area (Å²) in [5.74, 6) is 1.36. The minimum Gasteiger partial charge on any atom is -0.267 e. The average molecular weight is 394 g/mol. The maximum Gasteiger partial charge on any atom is 0.271 e. The van der Waals surface area contributed by atoms with Crippen LogP contribution in [0.5, 0.6) is 0 Å². The van der Waals surface area contributed by atoms with Crippen LogP contribution in [0.1, 0.15) is 21.5 Å². The van der Waals surface area contributed by atoms with Crippen LogP contribution in [0.2, 0.25) is 0 Å². The molecule has 6 heteroatoms. The molecule has 27 heavy (non-hydrogen) atoms. The first-order chi connectivity index (χ1) is 13.3. The van der Waals surface area contributed by atoms with Gasteiger partial charge in [-0.15, -0.1) is 0 Å². The van der Waals surface area contributed by atoms with Gasteiger partial charge in [0.05, 0.1) is 0 Å². The number of hydrazone groups is 1. The fourth-order valence-corrected chi connectivity index (χ4v) is 4.08. The second kappa shape index (κ2) is 10.5. The third kappa shape index (κ3) is 6.58. The Morgan fingerprint density at radius 2 is 1.33 bits per heavy atom. The number of aromatic nitrogens is 1. The Morgan fingerprint density at radius 1 is 0.815 bits per heavy atom. The lowest BCUT2D eigenvalue weighted by molar-refractivity contribution is 0.0955. The Bertz CT molecular complexity index is 826. The van der Waals surface area contributed by atoms with Crippen molar-refractivity contribution < 1.29 is 4.79 Å². The van der Waals surface area contributed by atoms with Gasteiger partial charge in [0, 0.05) is 29.5 Å². The molecule has 0 bridgehead atoms. The molecular formula is C21H19N3OS2. The molecule has 0 aliphatic rings. The van der Waals surface area contributed by atoms with E-state index in [0.717, 1.165) is 15.9 Å². The van der Waals surface area contributed by atoms with Crippen molar-refractivity contribution in [1.29, 1.82) is 0 Å². The van der Waals surface area contributed by atoms with Gasteiger partial charge in [0.2, 0.25) is 0 Å². The lowest BCUT2D eigenvalue weighted by Crippen LogP contribution is -2.18. The van der Waals surface area contributed by atoms with Crippen LogP contribution in [0.15, 0.2) is 90.3 Å². The van der Waals surface area contributed by atoms with E-state index in [-0.39, 0.29) is 5.91 Å². The normalized spacial score (nSPS) is 10.2. The smallest absolute Gasteiger partial charge is 0.267 e. The van der Waals surface area contributed by atoms with Gasteiger partial charge in [-0.05, 0) is 23.3 Å². The summed E-state index contributed by atoms with van der Waals surface area (Å²) >= 11 is 3.23. The summed E-state index contributed by atoms with van der Waals surface area (Å²) in [4.78, 5) is 16.2. The van der Waals surface area contributed by atoms with Crippen molar-refractivity contribution >= 4 is 33.8 Å². The van der Waals surface area contributed by atoms with E-state index in [0.29, 0.717) is 5.56 Å². The second-order valence-electron chi connectivity index (χ2n) is 5.60. The molecule has 0 aliphatic carbocycles. The van der Waals surface area contributed by atoms with E-state index in [2.05, 4.69) is 39.8 Å². The summed E-state index contributed by atoms with van der Waals surface area (Å²) in [7, 11) is 0. The number of hydrogen-bond donors (Lipinski definition) is 1. The minimum absolute atomic E-state index is 0.240. The fraction of sp³-hybridized carbons (Fsp3) is 0.0952. The summed E-state index contributed by atoms with van der Waals surface area (Å²) in [6, 6.07) is 23.8. The van der Waals surface area contributed by atoms with Crippen LogP contribution in [0.4, 0.5) is 0 Å². The number of carbonyl (C=O) groups is 1. The third-order valence-electron chi connectivity index (χ3n) is 3.60. The van der Waals surface area contributed by atoms with Crippen LogP contribution in [-0.4, -0.2) is 15.3 Å². The lowest BCUT2D eigenvalue weighted by atomic mass is 10.2. The van der Waals surface area contributed by atoms with Crippen molar-refractivity contribution in [2.45, 2.75) is 11.5 Å². The van der Waals surface area contributed by atoms with Gasteiger partial charge in [-0.2, -0.15) is 5.10 Å². The Balaban J connectivity index is 1.64. The average Bonchev–Trinajstić information content (AvgIpc) is 2.75. The Labute approximate surface area is 167 Å². The van der Waals surface area contributed by atoms with E-state index in [9.17, 15) is 4.79 Å². The molecular weight excluding hydrogens is 374 g/mol. The number of carbonyl (C=O) groups excluding carboxylic acids is 1. The van der Waals surface area contributed by atoms with Gasteiger partial charge in [-0.1, -0.05) is 84.2 Å². The molecule has 0 unspecified atom stereocenters. The van der Waals surface area contributed by atoms with E-state index >= 15 is 0 Å². The summed E-state index contributed by atoms with van der Waals surface area (Å²) < 4.78 is 0.824. The summed E-state index contributed by atoms with van der Waals surface area (Å²) in [6.07, 6.45) is 3.18. The Hall–Kier alpha value is -2.57. The number of nitrogens with zero attached hydrogens (tertiary/aromatic N) is 2. The summed E-state index contributed by atoms with van der Waals surface area (Å²) in [5, 5.41) is 4.35. The van der Waals surface area contributed by atoms with Gasteiger partial charge >= 0.3 is 0 Å². The van der Waals surface area contributed by atoms with Crippen LogP contribution in [0, 0.1) is 0 Å². The molecule has 0 atom stereocenters. The van der Waals surface area contributed by atoms with Gasteiger partial charge in [0.15, 0.2) is 4.38 Å². The van der Waals surface area contributed by atoms with Crippen molar-refractivity contribution in [1.82, 2.24) is 10.4 Å². The molecule has 0 spiro atoms. The minimum atomic E-state index is -0.240. The molecule has 1 aromatic heterocycles. The summed E-state index contributed by atoms with van der Waals surface area (Å²) in [5.41, 5.74) is 5.62. The van der Waals surface area contributed by atoms with E-state index in [1.807, 2.05) is 36.4 Å². The molecule has 0 fully saturated rings. The molecule has 4 nitrogen and oxygen atoms in total. The Kier molecular flexibility index (Phi) is 7.50. The van der Waals surface area contributed by atoms with Gasteiger partial charge in [-0.25, -0.2) is 5.43 Å². The molecule has 0 aliphatic heterocycles. The number of rotatable bonds is 6. The van der Waals surface area contributed by atoms with Crippen molar-refractivity contribution in [2.75, 3.05) is 0 Å². The second-order valence-corrected chi connectivity index (χ2v) is 7.79. The van der Waals surface area contributed by atoms with Crippen molar-refractivity contribution in [3.63, 3.8) is 0 Å².